The summed E-state index contributed by atoms with van der Waals surface area (Å²) < 4.78 is 11.0. The van der Waals surface area contributed by atoms with Crippen LogP contribution < -0.4 is 5.32 Å². The Balaban J connectivity index is 1.20. The van der Waals surface area contributed by atoms with Crippen LogP contribution in [0, 0.1) is 6.92 Å². The highest BCUT2D eigenvalue weighted by atomic mass is 35.5. The number of aromatic amines is 1. The molecule has 1 amide bonds. The molecule has 0 spiro atoms. The molecule has 3 aromatic heterocycles. The van der Waals surface area contributed by atoms with Crippen molar-refractivity contribution in [2.24, 2.45) is 0 Å². The van der Waals surface area contributed by atoms with Gasteiger partial charge in [-0.25, -0.2) is 4.98 Å². The molecular weight excluding hydrogens is 442 g/mol. The summed E-state index contributed by atoms with van der Waals surface area (Å²) in [6.45, 7) is 2.25. The molecule has 2 aromatic carbocycles. The fourth-order valence-electron chi connectivity index (χ4n) is 3.61. The van der Waals surface area contributed by atoms with Gasteiger partial charge in [-0.3, -0.25) is 4.79 Å². The summed E-state index contributed by atoms with van der Waals surface area (Å²) in [6, 6.07) is 15.3. The number of carbonyl (C=O) groups is 1. The third-order valence-corrected chi connectivity index (χ3v) is 5.55. The number of fused-ring (bicyclic) bond motifs is 1. The summed E-state index contributed by atoms with van der Waals surface area (Å²) in [5, 5.41) is 8.34. The van der Waals surface area contributed by atoms with Crippen molar-refractivity contribution < 1.29 is 13.7 Å². The smallest absolute Gasteiger partial charge is 0.292 e. The Morgan fingerprint density at radius 3 is 2.85 bits per heavy atom. The van der Waals surface area contributed by atoms with E-state index in [1.165, 1.54) is 0 Å². The Bertz CT molecular complexity index is 1420. The van der Waals surface area contributed by atoms with Crippen molar-refractivity contribution in [3.63, 3.8) is 0 Å². The van der Waals surface area contributed by atoms with Crippen molar-refractivity contribution in [2.75, 3.05) is 6.54 Å². The molecule has 5 aromatic rings. The van der Waals surface area contributed by atoms with Crippen LogP contribution in [0.15, 0.2) is 63.7 Å². The average Bonchev–Trinajstić information content (AvgIpc) is 3.54. The minimum atomic E-state index is -0.398. The highest BCUT2D eigenvalue weighted by Crippen LogP contribution is 2.23. The molecule has 0 unspecified atom stereocenters. The van der Waals surface area contributed by atoms with Gasteiger partial charge in [0.15, 0.2) is 0 Å². The van der Waals surface area contributed by atoms with Gasteiger partial charge < -0.3 is 19.2 Å². The molecule has 0 aliphatic rings. The first-order valence-corrected chi connectivity index (χ1v) is 10.8. The molecule has 0 saturated heterocycles. The Morgan fingerprint density at radius 2 is 2.00 bits per heavy atom. The molecule has 0 bridgehead atoms. The van der Waals surface area contributed by atoms with Crippen LogP contribution in [0.1, 0.15) is 33.5 Å². The summed E-state index contributed by atoms with van der Waals surface area (Å²) in [4.78, 5) is 24.4. The number of aryl methyl sites for hydroxylation is 1. The first-order chi connectivity index (χ1) is 16.1. The van der Waals surface area contributed by atoms with Crippen molar-refractivity contribution in [1.29, 1.82) is 0 Å². The largest absolute Gasteiger partial charge is 0.441 e. The summed E-state index contributed by atoms with van der Waals surface area (Å²) in [5.74, 6) is 1.07. The zero-order chi connectivity index (χ0) is 22.8. The van der Waals surface area contributed by atoms with E-state index in [1.54, 1.807) is 0 Å². The standard InChI is InChI=1S/C24H20ClN5O3/c1-14-20(28-24(32-14)15-5-3-2-4-6-15)12-21-29-22(30-33-21)23(31)26-10-9-16-13-27-19-8-7-17(25)11-18(16)19/h2-8,11,13,27H,9-10,12H2,1H3,(H,26,31). The molecule has 166 valence electrons. The molecule has 9 heteroatoms. The lowest BCUT2D eigenvalue weighted by atomic mass is 10.1. The molecule has 0 aliphatic carbocycles. The van der Waals surface area contributed by atoms with Gasteiger partial charge in [0.1, 0.15) is 5.76 Å². The number of aromatic nitrogens is 4. The third-order valence-electron chi connectivity index (χ3n) is 5.31. The van der Waals surface area contributed by atoms with E-state index in [1.807, 2.05) is 61.7 Å². The Hall–Kier alpha value is -3.91. The van der Waals surface area contributed by atoms with Crippen LogP contribution in [-0.4, -0.2) is 32.6 Å². The summed E-state index contributed by atoms with van der Waals surface area (Å²) in [5.41, 5.74) is 3.64. The van der Waals surface area contributed by atoms with E-state index in [-0.39, 0.29) is 12.2 Å². The molecule has 33 heavy (non-hydrogen) atoms. The highest BCUT2D eigenvalue weighted by molar-refractivity contribution is 6.31. The molecule has 0 radical (unpaired) electrons. The number of nitrogens with one attached hydrogen (secondary N) is 2. The number of hydrogen-bond donors (Lipinski definition) is 2. The first kappa shape index (κ1) is 21.0. The maximum absolute atomic E-state index is 12.5. The second-order valence-electron chi connectivity index (χ2n) is 7.59. The lowest BCUT2D eigenvalue weighted by Gasteiger charge is -2.02. The number of amides is 1. The second kappa shape index (κ2) is 8.91. The Morgan fingerprint density at radius 1 is 1.15 bits per heavy atom. The predicted octanol–water partition coefficient (Wildman–Crippen LogP) is 4.73. The Labute approximate surface area is 194 Å². The summed E-state index contributed by atoms with van der Waals surface area (Å²) in [7, 11) is 0. The van der Waals surface area contributed by atoms with Gasteiger partial charge in [-0.1, -0.05) is 35.0 Å². The number of nitrogens with zero attached hydrogens (tertiary/aromatic N) is 3. The third kappa shape index (κ3) is 4.51. The average molecular weight is 462 g/mol. The fourth-order valence-corrected chi connectivity index (χ4v) is 3.78. The molecule has 0 fully saturated rings. The predicted molar refractivity (Wildman–Crippen MR) is 123 cm³/mol. The van der Waals surface area contributed by atoms with Gasteiger partial charge in [0.2, 0.25) is 11.8 Å². The Kier molecular flexibility index (Phi) is 5.66. The summed E-state index contributed by atoms with van der Waals surface area (Å²) >= 11 is 6.09. The van der Waals surface area contributed by atoms with Gasteiger partial charge in [0, 0.05) is 34.2 Å². The van der Waals surface area contributed by atoms with Crippen molar-refractivity contribution in [2.45, 2.75) is 19.8 Å². The lowest BCUT2D eigenvalue weighted by molar-refractivity contribution is 0.0941. The fraction of sp³-hybridized carbons (Fsp3) is 0.167. The second-order valence-corrected chi connectivity index (χ2v) is 8.02. The van der Waals surface area contributed by atoms with Crippen LogP contribution >= 0.6 is 11.6 Å². The molecule has 0 saturated carbocycles. The maximum Gasteiger partial charge on any atom is 0.292 e. The molecule has 8 nitrogen and oxygen atoms in total. The van der Waals surface area contributed by atoms with Crippen LogP contribution in [0.2, 0.25) is 5.02 Å². The van der Waals surface area contributed by atoms with E-state index in [0.29, 0.717) is 41.2 Å². The van der Waals surface area contributed by atoms with Gasteiger partial charge >= 0.3 is 0 Å². The van der Waals surface area contributed by atoms with Crippen molar-refractivity contribution in [3.8, 4) is 11.5 Å². The zero-order valence-corrected chi connectivity index (χ0v) is 18.5. The number of carbonyl (C=O) groups excluding carboxylic acids is 1. The van der Waals surface area contributed by atoms with Crippen LogP contribution in [0.3, 0.4) is 0 Å². The van der Waals surface area contributed by atoms with E-state index >= 15 is 0 Å². The van der Waals surface area contributed by atoms with Crippen LogP contribution in [0.4, 0.5) is 0 Å². The number of benzene rings is 2. The number of H-pyrrole nitrogens is 1. The van der Waals surface area contributed by atoms with E-state index in [2.05, 4.69) is 25.4 Å². The normalized spacial score (nSPS) is 11.2. The van der Waals surface area contributed by atoms with Crippen molar-refractivity contribution >= 4 is 28.4 Å². The van der Waals surface area contributed by atoms with Crippen LogP contribution in [-0.2, 0) is 12.8 Å². The number of halogens is 1. The van der Waals surface area contributed by atoms with E-state index < -0.39 is 5.91 Å². The quantitative estimate of drug-likeness (QED) is 0.362. The van der Waals surface area contributed by atoms with Gasteiger partial charge in [-0.05, 0) is 49.2 Å². The van der Waals surface area contributed by atoms with Crippen molar-refractivity contribution in [1.82, 2.24) is 25.4 Å². The van der Waals surface area contributed by atoms with E-state index in [9.17, 15) is 4.79 Å². The van der Waals surface area contributed by atoms with Crippen LogP contribution in [0.25, 0.3) is 22.4 Å². The molecule has 2 N–H and O–H groups in total. The van der Waals surface area contributed by atoms with Crippen LogP contribution in [0.5, 0.6) is 0 Å². The van der Waals surface area contributed by atoms with Gasteiger partial charge in [-0.15, -0.1) is 0 Å². The number of hydrogen-bond acceptors (Lipinski definition) is 6. The van der Waals surface area contributed by atoms with Crippen molar-refractivity contribution in [3.05, 3.63) is 88.5 Å². The number of oxazole rings is 1. The van der Waals surface area contributed by atoms with Gasteiger partial charge in [0.05, 0.1) is 12.1 Å². The SMILES string of the molecule is Cc1oc(-c2ccccc2)nc1Cc1nc(C(=O)NCCc2c[nH]c3ccc(Cl)cc23)no1. The molecule has 5 rings (SSSR count). The maximum atomic E-state index is 12.5. The molecule has 0 atom stereocenters. The molecule has 3 heterocycles. The topological polar surface area (TPSA) is 110 Å². The van der Waals surface area contributed by atoms with Gasteiger partial charge in [0.25, 0.3) is 11.7 Å². The van der Waals surface area contributed by atoms with Gasteiger partial charge in [-0.2, -0.15) is 4.98 Å². The van der Waals surface area contributed by atoms with E-state index in [4.69, 9.17) is 20.5 Å². The summed E-state index contributed by atoms with van der Waals surface area (Å²) in [6.07, 6.45) is 2.83. The minimum absolute atomic E-state index is 0.0172. The number of rotatable bonds is 7. The first-order valence-electron chi connectivity index (χ1n) is 10.4. The zero-order valence-electron chi connectivity index (χ0n) is 17.8. The minimum Gasteiger partial charge on any atom is -0.441 e. The lowest BCUT2D eigenvalue weighted by Crippen LogP contribution is -2.26. The van der Waals surface area contributed by atoms with E-state index in [0.717, 1.165) is 22.0 Å². The monoisotopic (exact) mass is 461 g/mol. The molecule has 0 aliphatic heterocycles. The molecular formula is C24H20ClN5O3. The highest BCUT2D eigenvalue weighted by Gasteiger charge is 2.18.